The minimum atomic E-state index is 0.409. The quantitative estimate of drug-likeness (QED) is 0.645. The van der Waals surface area contributed by atoms with Gasteiger partial charge in [-0.1, -0.05) is 0 Å². The van der Waals surface area contributed by atoms with Gasteiger partial charge in [-0.15, -0.1) is 0 Å². The Labute approximate surface area is 99.1 Å². The van der Waals surface area contributed by atoms with Crippen LogP contribution in [0, 0.1) is 0 Å². The Balaban J connectivity index is 0.000000160. The molecule has 0 saturated carbocycles. The number of hydrogen-bond acceptors (Lipinski definition) is 4. The highest BCUT2D eigenvalue weighted by Gasteiger charge is 2.13. The van der Waals surface area contributed by atoms with Crippen LogP contribution in [0.25, 0.3) is 0 Å². The lowest BCUT2D eigenvalue weighted by atomic mass is 10.2. The molecule has 0 aromatic carbocycles. The first-order valence-corrected chi connectivity index (χ1v) is 6.26. The number of rotatable bonds is 0. The number of morpholine rings is 2. The maximum absolute atomic E-state index is 5.33. The minimum Gasteiger partial charge on any atom is -0.378 e. The second-order valence-electron chi connectivity index (χ2n) is 4.96. The van der Waals surface area contributed by atoms with E-state index in [1.54, 1.807) is 0 Å². The molecule has 16 heavy (non-hydrogen) atoms. The van der Waals surface area contributed by atoms with Gasteiger partial charge in [-0.3, -0.25) is 0 Å². The van der Waals surface area contributed by atoms with Crippen molar-refractivity contribution < 1.29 is 9.47 Å². The summed E-state index contributed by atoms with van der Waals surface area (Å²) < 4.78 is 10.6. The average Bonchev–Trinajstić information content (AvgIpc) is 2.23. The van der Waals surface area contributed by atoms with Crippen molar-refractivity contribution >= 4 is 0 Å². The van der Waals surface area contributed by atoms with E-state index in [1.807, 2.05) is 0 Å². The van der Waals surface area contributed by atoms with E-state index in [0.29, 0.717) is 24.2 Å². The van der Waals surface area contributed by atoms with E-state index in [4.69, 9.17) is 9.47 Å². The summed E-state index contributed by atoms with van der Waals surface area (Å²) >= 11 is 0. The lowest BCUT2D eigenvalue weighted by Gasteiger charge is -2.25. The van der Waals surface area contributed by atoms with E-state index in [1.165, 1.54) is 0 Å². The van der Waals surface area contributed by atoms with Gasteiger partial charge in [0.05, 0.1) is 25.9 Å². The van der Waals surface area contributed by atoms with Crippen molar-refractivity contribution in [1.82, 2.24) is 10.6 Å². The Morgan fingerprint density at radius 1 is 0.875 bits per heavy atom. The molecule has 4 unspecified atom stereocenters. The Bertz CT molecular complexity index is 164. The molecule has 0 aromatic heterocycles. The average molecular weight is 230 g/mol. The zero-order valence-corrected chi connectivity index (χ0v) is 11.0. The van der Waals surface area contributed by atoms with Gasteiger partial charge in [-0.2, -0.15) is 0 Å². The smallest absolute Gasteiger partial charge is 0.0672 e. The van der Waals surface area contributed by atoms with Gasteiger partial charge in [0.15, 0.2) is 0 Å². The van der Waals surface area contributed by atoms with E-state index in [0.717, 1.165) is 26.4 Å². The van der Waals surface area contributed by atoms with E-state index in [9.17, 15) is 0 Å². The summed E-state index contributed by atoms with van der Waals surface area (Å²) in [4.78, 5) is 0. The fourth-order valence-electron chi connectivity index (χ4n) is 1.80. The van der Waals surface area contributed by atoms with Crippen molar-refractivity contribution in [3.63, 3.8) is 0 Å². The second-order valence-corrected chi connectivity index (χ2v) is 4.96. The largest absolute Gasteiger partial charge is 0.378 e. The standard InChI is InChI=1S/2C6H13NO/c1-5-4-8-6(2)3-7-5;1-5-3-8-4-6(2)7-5/h2*5-7H,3-4H2,1-2H3. The summed E-state index contributed by atoms with van der Waals surface area (Å²) in [5, 5.41) is 6.66. The van der Waals surface area contributed by atoms with Gasteiger partial charge in [0.2, 0.25) is 0 Å². The third kappa shape index (κ3) is 5.80. The second kappa shape index (κ2) is 7.22. The van der Waals surface area contributed by atoms with Gasteiger partial charge in [0, 0.05) is 24.7 Å². The first-order valence-electron chi connectivity index (χ1n) is 6.26. The van der Waals surface area contributed by atoms with Gasteiger partial charge in [-0.25, -0.2) is 0 Å². The molecule has 0 spiro atoms. The Morgan fingerprint density at radius 2 is 1.50 bits per heavy atom. The topological polar surface area (TPSA) is 42.5 Å². The lowest BCUT2D eigenvalue weighted by molar-refractivity contribution is 0.0196. The molecule has 0 aromatic rings. The number of ether oxygens (including phenoxy) is 2. The molecule has 4 atom stereocenters. The Kier molecular flexibility index (Phi) is 6.28. The maximum Gasteiger partial charge on any atom is 0.0672 e. The van der Waals surface area contributed by atoms with Crippen LogP contribution in [0.3, 0.4) is 0 Å². The highest BCUT2D eigenvalue weighted by molar-refractivity contribution is 4.70. The normalized spacial score (nSPS) is 39.8. The first-order chi connectivity index (χ1) is 7.58. The molecule has 96 valence electrons. The van der Waals surface area contributed by atoms with Crippen molar-refractivity contribution in [2.45, 2.75) is 51.9 Å². The predicted octanol–water partition coefficient (Wildman–Crippen LogP) is 0.766. The van der Waals surface area contributed by atoms with Crippen LogP contribution in [0.4, 0.5) is 0 Å². The zero-order valence-electron chi connectivity index (χ0n) is 11.0. The van der Waals surface area contributed by atoms with Crippen LogP contribution in [-0.4, -0.2) is 50.6 Å². The van der Waals surface area contributed by atoms with Gasteiger partial charge in [0.25, 0.3) is 0 Å². The van der Waals surface area contributed by atoms with Gasteiger partial charge in [0.1, 0.15) is 0 Å². The molecule has 2 heterocycles. The van der Waals surface area contributed by atoms with E-state index in [-0.39, 0.29) is 0 Å². The molecule has 0 aliphatic carbocycles. The highest BCUT2D eigenvalue weighted by atomic mass is 16.5. The van der Waals surface area contributed by atoms with Crippen molar-refractivity contribution in [3.8, 4) is 0 Å². The van der Waals surface area contributed by atoms with Crippen molar-refractivity contribution in [2.24, 2.45) is 0 Å². The lowest BCUT2D eigenvalue weighted by Crippen LogP contribution is -2.45. The van der Waals surface area contributed by atoms with Crippen LogP contribution in [0.5, 0.6) is 0 Å². The van der Waals surface area contributed by atoms with Gasteiger partial charge >= 0.3 is 0 Å². The summed E-state index contributed by atoms with van der Waals surface area (Å²) in [5.41, 5.74) is 0. The van der Waals surface area contributed by atoms with Crippen LogP contribution < -0.4 is 10.6 Å². The molecular weight excluding hydrogens is 204 g/mol. The molecule has 4 heteroatoms. The summed E-state index contributed by atoms with van der Waals surface area (Å²) in [5.74, 6) is 0. The molecule has 4 nitrogen and oxygen atoms in total. The van der Waals surface area contributed by atoms with Crippen LogP contribution in [0.2, 0.25) is 0 Å². The molecule has 2 saturated heterocycles. The molecule has 0 amide bonds. The highest BCUT2D eigenvalue weighted by Crippen LogP contribution is 1.98. The van der Waals surface area contributed by atoms with Crippen LogP contribution in [0.15, 0.2) is 0 Å². The third-order valence-electron chi connectivity index (χ3n) is 2.69. The van der Waals surface area contributed by atoms with Crippen molar-refractivity contribution in [2.75, 3.05) is 26.4 Å². The summed E-state index contributed by atoms with van der Waals surface area (Å²) in [6.45, 7) is 12.1. The maximum atomic E-state index is 5.33. The summed E-state index contributed by atoms with van der Waals surface area (Å²) in [6.07, 6.45) is 0.409. The van der Waals surface area contributed by atoms with Gasteiger partial charge in [-0.05, 0) is 27.7 Å². The van der Waals surface area contributed by atoms with E-state index >= 15 is 0 Å². The fourth-order valence-corrected chi connectivity index (χ4v) is 1.80. The number of nitrogens with one attached hydrogen (secondary N) is 2. The fraction of sp³-hybridized carbons (Fsp3) is 1.00. The molecule has 0 radical (unpaired) electrons. The van der Waals surface area contributed by atoms with E-state index < -0.39 is 0 Å². The molecule has 2 aliphatic rings. The molecular formula is C12H26N2O2. The number of hydrogen-bond donors (Lipinski definition) is 2. The summed E-state index contributed by atoms with van der Waals surface area (Å²) in [6, 6.07) is 1.63. The van der Waals surface area contributed by atoms with Crippen LogP contribution in [-0.2, 0) is 9.47 Å². The monoisotopic (exact) mass is 230 g/mol. The first kappa shape index (κ1) is 13.9. The Hall–Kier alpha value is -0.160. The summed E-state index contributed by atoms with van der Waals surface area (Å²) in [7, 11) is 0. The SMILES string of the molecule is CC1COC(C)CN1.CC1COCC(C)N1. The predicted molar refractivity (Wildman–Crippen MR) is 65.8 cm³/mol. The molecule has 0 bridgehead atoms. The molecule has 2 fully saturated rings. The van der Waals surface area contributed by atoms with Gasteiger partial charge < -0.3 is 20.1 Å². The zero-order chi connectivity index (χ0) is 12.0. The van der Waals surface area contributed by atoms with Crippen molar-refractivity contribution in [3.05, 3.63) is 0 Å². The van der Waals surface area contributed by atoms with Crippen LogP contribution >= 0.6 is 0 Å². The van der Waals surface area contributed by atoms with Crippen molar-refractivity contribution in [1.29, 1.82) is 0 Å². The Morgan fingerprint density at radius 3 is 1.81 bits per heavy atom. The third-order valence-corrected chi connectivity index (χ3v) is 2.69. The minimum absolute atomic E-state index is 0.409. The molecule has 2 N–H and O–H groups in total. The van der Waals surface area contributed by atoms with Crippen LogP contribution in [0.1, 0.15) is 27.7 Å². The van der Waals surface area contributed by atoms with E-state index in [2.05, 4.69) is 38.3 Å². The molecule has 2 rings (SSSR count). The molecule has 2 aliphatic heterocycles.